The number of aromatic hydroxyl groups is 1. The molecule has 0 unspecified atom stereocenters. The highest BCUT2D eigenvalue weighted by Gasteiger charge is 2.38. The number of nitrogens with zero attached hydrogens (tertiary/aromatic N) is 1. The van der Waals surface area contributed by atoms with Crippen LogP contribution in [0, 0.1) is 5.92 Å². The Kier molecular flexibility index (Phi) is 3.98. The molecule has 1 heterocycles. The second-order valence-electron chi connectivity index (χ2n) is 7.02. The first kappa shape index (κ1) is 15.1. The lowest BCUT2D eigenvalue weighted by molar-refractivity contribution is -0.115. The third kappa shape index (κ3) is 2.77. The molecule has 0 saturated carbocycles. The number of benzene rings is 1. The zero-order chi connectivity index (χ0) is 15.7. The molecular weight excluding hydrogens is 274 g/mol. The zero-order valence-corrected chi connectivity index (χ0v) is 13.5. The summed E-state index contributed by atoms with van der Waals surface area (Å²) in [7, 11) is 0. The number of hydrogen-bond donors (Lipinski definition) is 1. The van der Waals surface area contributed by atoms with E-state index in [2.05, 4.69) is 24.8 Å². The second-order valence-corrected chi connectivity index (χ2v) is 7.02. The first-order valence-corrected chi connectivity index (χ1v) is 8.27. The molecule has 3 heteroatoms. The quantitative estimate of drug-likeness (QED) is 0.906. The highest BCUT2D eigenvalue weighted by Crippen LogP contribution is 2.41. The number of hydrogen-bond acceptors (Lipinski definition) is 3. The highest BCUT2D eigenvalue weighted by molar-refractivity contribution is 5.91. The number of carbonyl (C=O) groups is 1. The summed E-state index contributed by atoms with van der Waals surface area (Å²) in [6, 6.07) is 7.67. The molecule has 2 atom stereocenters. The highest BCUT2D eigenvalue weighted by atomic mass is 16.3. The standard InChI is InChI=1S/C19H25NO2/c1-14-13-20(16-6-4-8-18(22)12-16)10-9-19(14,2)15-5-3-7-17(21)11-15/h3,5,7,11-12,14,21H,4,6,8-10,13H2,1-2H3/t14-,19+/m0/s1. The van der Waals surface area contributed by atoms with Crippen LogP contribution in [-0.4, -0.2) is 28.9 Å². The molecule has 118 valence electrons. The van der Waals surface area contributed by atoms with Crippen molar-refractivity contribution >= 4 is 5.78 Å². The van der Waals surface area contributed by atoms with Crippen molar-refractivity contribution in [2.75, 3.05) is 13.1 Å². The third-order valence-corrected chi connectivity index (χ3v) is 5.58. The molecule has 22 heavy (non-hydrogen) atoms. The summed E-state index contributed by atoms with van der Waals surface area (Å²) in [5.41, 5.74) is 2.52. The summed E-state index contributed by atoms with van der Waals surface area (Å²) in [5.74, 6) is 1.09. The van der Waals surface area contributed by atoms with Crippen LogP contribution in [0.15, 0.2) is 36.0 Å². The van der Waals surface area contributed by atoms with Crippen molar-refractivity contribution in [2.24, 2.45) is 5.92 Å². The van der Waals surface area contributed by atoms with Crippen LogP contribution in [0.25, 0.3) is 0 Å². The van der Waals surface area contributed by atoms with Gasteiger partial charge in [-0.1, -0.05) is 26.0 Å². The average Bonchev–Trinajstić information content (AvgIpc) is 2.50. The van der Waals surface area contributed by atoms with Gasteiger partial charge in [-0.2, -0.15) is 0 Å². The molecule has 1 aliphatic heterocycles. The van der Waals surface area contributed by atoms with E-state index in [-0.39, 0.29) is 11.2 Å². The molecule has 1 aliphatic carbocycles. The number of allylic oxidation sites excluding steroid dienone is 2. The van der Waals surface area contributed by atoms with E-state index in [1.54, 1.807) is 6.07 Å². The van der Waals surface area contributed by atoms with E-state index >= 15 is 0 Å². The molecule has 1 fully saturated rings. The van der Waals surface area contributed by atoms with E-state index in [9.17, 15) is 9.90 Å². The predicted molar refractivity (Wildman–Crippen MR) is 87.8 cm³/mol. The van der Waals surface area contributed by atoms with Gasteiger partial charge in [0.1, 0.15) is 5.75 Å². The van der Waals surface area contributed by atoms with E-state index in [0.717, 1.165) is 32.4 Å². The van der Waals surface area contributed by atoms with Gasteiger partial charge in [-0.15, -0.1) is 0 Å². The molecule has 1 saturated heterocycles. The van der Waals surface area contributed by atoms with E-state index < -0.39 is 0 Å². The largest absolute Gasteiger partial charge is 0.508 e. The van der Waals surface area contributed by atoms with Gasteiger partial charge in [-0.3, -0.25) is 4.79 Å². The lowest BCUT2D eigenvalue weighted by Gasteiger charge is -2.47. The summed E-state index contributed by atoms with van der Waals surface area (Å²) in [6.45, 7) is 6.53. The summed E-state index contributed by atoms with van der Waals surface area (Å²) in [5, 5.41) is 9.77. The van der Waals surface area contributed by atoms with E-state index in [4.69, 9.17) is 0 Å². The van der Waals surface area contributed by atoms with E-state index in [0.29, 0.717) is 18.1 Å². The molecule has 3 nitrogen and oxygen atoms in total. The fraction of sp³-hybridized carbons (Fsp3) is 0.526. The van der Waals surface area contributed by atoms with Gasteiger partial charge in [0.15, 0.2) is 5.78 Å². The number of phenols is 1. The van der Waals surface area contributed by atoms with Gasteiger partial charge in [0, 0.05) is 31.3 Å². The molecule has 0 radical (unpaired) electrons. The Morgan fingerprint density at radius 3 is 2.82 bits per heavy atom. The van der Waals surface area contributed by atoms with Crippen LogP contribution in [-0.2, 0) is 10.2 Å². The Labute approximate surface area is 132 Å². The molecule has 0 aromatic heterocycles. The van der Waals surface area contributed by atoms with Gasteiger partial charge in [0.25, 0.3) is 0 Å². The summed E-state index contributed by atoms with van der Waals surface area (Å²) in [6.07, 6.45) is 5.62. The van der Waals surface area contributed by atoms with Gasteiger partial charge in [0.2, 0.25) is 0 Å². The predicted octanol–water partition coefficient (Wildman–Crippen LogP) is 3.63. The normalized spacial score (nSPS) is 29.4. The molecule has 1 aromatic carbocycles. The number of carbonyl (C=O) groups excluding carboxylic acids is 1. The maximum absolute atomic E-state index is 11.7. The Bertz CT molecular complexity index is 607. The van der Waals surface area contributed by atoms with Crippen LogP contribution >= 0.6 is 0 Å². The summed E-state index contributed by atoms with van der Waals surface area (Å²) >= 11 is 0. The summed E-state index contributed by atoms with van der Waals surface area (Å²) in [4.78, 5) is 14.0. The second kappa shape index (κ2) is 5.79. The Hall–Kier alpha value is -1.77. The molecule has 0 amide bonds. The van der Waals surface area contributed by atoms with Crippen molar-refractivity contribution in [1.29, 1.82) is 0 Å². The molecule has 0 spiro atoms. The van der Waals surface area contributed by atoms with Crippen LogP contribution in [0.2, 0.25) is 0 Å². The van der Waals surface area contributed by atoms with Gasteiger partial charge in [0.05, 0.1) is 0 Å². The Balaban J connectivity index is 1.79. The van der Waals surface area contributed by atoms with Crippen molar-refractivity contribution in [2.45, 2.75) is 44.9 Å². The van der Waals surface area contributed by atoms with Crippen LogP contribution in [0.3, 0.4) is 0 Å². The molecule has 1 aromatic rings. The number of piperidine rings is 1. The number of phenolic OH excluding ortho intramolecular Hbond substituents is 1. The molecular formula is C19H25NO2. The molecule has 2 aliphatic rings. The van der Waals surface area contributed by atoms with E-state index in [1.807, 2.05) is 18.2 Å². The van der Waals surface area contributed by atoms with Crippen molar-refractivity contribution in [1.82, 2.24) is 4.90 Å². The van der Waals surface area contributed by atoms with Crippen LogP contribution < -0.4 is 0 Å². The lowest BCUT2D eigenvalue weighted by Crippen LogP contribution is -2.47. The summed E-state index contributed by atoms with van der Waals surface area (Å²) < 4.78 is 0. The zero-order valence-electron chi connectivity index (χ0n) is 13.5. The van der Waals surface area contributed by atoms with Crippen LogP contribution in [0.4, 0.5) is 0 Å². The Morgan fingerprint density at radius 1 is 1.32 bits per heavy atom. The van der Waals surface area contributed by atoms with Crippen molar-refractivity contribution in [3.63, 3.8) is 0 Å². The monoisotopic (exact) mass is 299 g/mol. The van der Waals surface area contributed by atoms with Gasteiger partial charge in [-0.25, -0.2) is 0 Å². The van der Waals surface area contributed by atoms with Gasteiger partial charge in [-0.05, 0) is 48.3 Å². The number of rotatable bonds is 2. The average molecular weight is 299 g/mol. The molecule has 3 rings (SSSR count). The van der Waals surface area contributed by atoms with Gasteiger partial charge >= 0.3 is 0 Å². The first-order valence-electron chi connectivity index (χ1n) is 8.27. The van der Waals surface area contributed by atoms with Crippen molar-refractivity contribution in [3.8, 4) is 5.75 Å². The smallest absolute Gasteiger partial charge is 0.157 e. The molecule has 0 bridgehead atoms. The first-order chi connectivity index (χ1) is 10.5. The minimum atomic E-state index is 0.0779. The topological polar surface area (TPSA) is 40.5 Å². The fourth-order valence-corrected chi connectivity index (χ4v) is 3.81. The third-order valence-electron chi connectivity index (χ3n) is 5.58. The van der Waals surface area contributed by atoms with Gasteiger partial charge < -0.3 is 10.0 Å². The van der Waals surface area contributed by atoms with Crippen molar-refractivity contribution in [3.05, 3.63) is 41.6 Å². The fourth-order valence-electron chi connectivity index (χ4n) is 3.81. The van der Waals surface area contributed by atoms with Crippen molar-refractivity contribution < 1.29 is 9.90 Å². The Morgan fingerprint density at radius 2 is 2.14 bits per heavy atom. The lowest BCUT2D eigenvalue weighted by atomic mass is 9.68. The molecule has 1 N–H and O–H groups in total. The van der Waals surface area contributed by atoms with E-state index in [1.165, 1.54) is 11.3 Å². The maximum atomic E-state index is 11.7. The van der Waals surface area contributed by atoms with Crippen LogP contribution in [0.5, 0.6) is 5.75 Å². The number of ketones is 1. The minimum absolute atomic E-state index is 0.0779. The number of likely N-dealkylation sites (tertiary alicyclic amines) is 1. The SMILES string of the molecule is C[C@H]1CN(C2=CC(=O)CCC2)CC[C@@]1(C)c1cccc(O)c1. The maximum Gasteiger partial charge on any atom is 0.157 e. The minimum Gasteiger partial charge on any atom is -0.508 e. The van der Waals surface area contributed by atoms with Crippen LogP contribution in [0.1, 0.15) is 45.1 Å².